The van der Waals surface area contributed by atoms with Crippen LogP contribution in [0, 0.1) is 12.3 Å². The van der Waals surface area contributed by atoms with E-state index in [0.29, 0.717) is 12.2 Å². The molecule has 4 nitrogen and oxygen atoms in total. The van der Waals surface area contributed by atoms with Crippen LogP contribution in [-0.4, -0.2) is 22.1 Å². The third-order valence-electron chi connectivity index (χ3n) is 1.57. The molecule has 1 rings (SSSR count). The number of rotatable bonds is 4. The van der Waals surface area contributed by atoms with Crippen LogP contribution < -0.4 is 5.32 Å². The summed E-state index contributed by atoms with van der Waals surface area (Å²) in [6.45, 7) is 2.35. The van der Waals surface area contributed by atoms with Gasteiger partial charge in [0.05, 0.1) is 11.7 Å². The second-order valence-corrected chi connectivity index (χ2v) is 3.58. The number of aromatic nitrogens is 1. The van der Waals surface area contributed by atoms with E-state index < -0.39 is 5.97 Å². The van der Waals surface area contributed by atoms with Crippen LogP contribution in [0.4, 0.5) is 0 Å². The minimum absolute atomic E-state index is 0.0371. The highest BCUT2D eigenvalue weighted by molar-refractivity contribution is 7.11. The molecule has 0 aromatic carbocycles. The van der Waals surface area contributed by atoms with Gasteiger partial charge < -0.3 is 5.11 Å². The lowest BCUT2D eigenvalue weighted by atomic mass is 10.3. The van der Waals surface area contributed by atoms with Crippen molar-refractivity contribution in [1.82, 2.24) is 10.3 Å². The molecule has 0 saturated heterocycles. The van der Waals surface area contributed by atoms with Crippen LogP contribution in [0.3, 0.4) is 0 Å². The van der Waals surface area contributed by atoms with Crippen molar-refractivity contribution in [2.24, 2.45) is 0 Å². The van der Waals surface area contributed by atoms with Gasteiger partial charge in [-0.05, 0) is 6.92 Å². The maximum Gasteiger partial charge on any atom is 0.365 e. The summed E-state index contributed by atoms with van der Waals surface area (Å²) < 4.78 is 0. The Bertz CT molecular complexity index is 367. The molecule has 0 fully saturated rings. The number of nitrogens with zero attached hydrogens (tertiary/aromatic N) is 1. The monoisotopic (exact) mass is 210 g/mol. The van der Waals surface area contributed by atoms with Crippen molar-refractivity contribution in [2.45, 2.75) is 19.5 Å². The van der Waals surface area contributed by atoms with Crippen molar-refractivity contribution in [3.63, 3.8) is 0 Å². The molecule has 14 heavy (non-hydrogen) atoms. The van der Waals surface area contributed by atoms with Crippen LogP contribution in [0.5, 0.6) is 0 Å². The molecule has 0 aliphatic heterocycles. The topological polar surface area (TPSA) is 62.2 Å². The number of hydrogen-bond donors (Lipinski definition) is 2. The Hall–Kier alpha value is -1.38. The maximum atomic E-state index is 10.5. The zero-order chi connectivity index (χ0) is 10.6. The Morgan fingerprint density at radius 2 is 2.64 bits per heavy atom. The lowest BCUT2D eigenvalue weighted by Gasteiger charge is -2.03. The van der Waals surface area contributed by atoms with Gasteiger partial charge in [-0.3, -0.25) is 5.32 Å². The molecule has 1 heterocycles. The van der Waals surface area contributed by atoms with Gasteiger partial charge in [0.2, 0.25) is 5.01 Å². The second-order valence-electron chi connectivity index (χ2n) is 2.72. The summed E-state index contributed by atoms with van der Waals surface area (Å²) in [4.78, 5) is 14.4. The normalized spacial score (nSPS) is 12.0. The van der Waals surface area contributed by atoms with Gasteiger partial charge in [0.25, 0.3) is 0 Å². The van der Waals surface area contributed by atoms with Crippen LogP contribution in [0.1, 0.15) is 22.4 Å². The molecule has 74 valence electrons. The number of carboxylic acid groups (broad SMARTS) is 1. The van der Waals surface area contributed by atoms with Crippen LogP contribution in [0.25, 0.3) is 0 Å². The molecular weight excluding hydrogens is 200 g/mol. The van der Waals surface area contributed by atoms with Crippen LogP contribution in [0.2, 0.25) is 0 Å². The average molecular weight is 210 g/mol. The van der Waals surface area contributed by atoms with E-state index in [2.05, 4.69) is 16.2 Å². The van der Waals surface area contributed by atoms with E-state index in [4.69, 9.17) is 11.5 Å². The summed E-state index contributed by atoms with van der Waals surface area (Å²) in [5, 5.41) is 13.4. The molecule has 2 N–H and O–H groups in total. The molecule has 0 aliphatic rings. The van der Waals surface area contributed by atoms with E-state index in [9.17, 15) is 4.79 Å². The highest BCUT2D eigenvalue weighted by atomic mass is 32.1. The molecule has 1 unspecified atom stereocenters. The molecule has 1 atom stereocenters. The van der Waals surface area contributed by atoms with Gasteiger partial charge in [0.15, 0.2) is 0 Å². The zero-order valence-electron chi connectivity index (χ0n) is 7.65. The van der Waals surface area contributed by atoms with E-state index in [1.54, 1.807) is 5.38 Å². The number of thiazole rings is 1. The molecule has 0 radical (unpaired) electrons. The summed E-state index contributed by atoms with van der Waals surface area (Å²) in [5.74, 6) is 1.52. The van der Waals surface area contributed by atoms with Gasteiger partial charge in [-0.1, -0.05) is 5.92 Å². The fraction of sp³-hybridized carbons (Fsp3) is 0.333. The Morgan fingerprint density at radius 3 is 3.14 bits per heavy atom. The van der Waals surface area contributed by atoms with E-state index >= 15 is 0 Å². The Kier molecular flexibility index (Phi) is 3.63. The number of nitrogens with one attached hydrogen (secondary N) is 1. The molecule has 0 aliphatic carbocycles. The highest BCUT2D eigenvalue weighted by Crippen LogP contribution is 2.09. The van der Waals surface area contributed by atoms with E-state index in [0.717, 1.165) is 11.3 Å². The Morgan fingerprint density at radius 1 is 1.93 bits per heavy atom. The van der Waals surface area contributed by atoms with Crippen molar-refractivity contribution in [3.8, 4) is 12.3 Å². The van der Waals surface area contributed by atoms with Crippen molar-refractivity contribution >= 4 is 17.3 Å². The predicted octanol–water partition coefficient (Wildman–Crippen LogP) is 0.953. The standard InChI is InChI=1S/C9H10N2O2S/c1-3-6(2)10-4-7-5-14-8(11-7)9(12)13/h1,5-6,10H,4H2,2H3,(H,12,13). The molecule has 1 aromatic rings. The average Bonchev–Trinajstić information content (AvgIpc) is 2.62. The van der Waals surface area contributed by atoms with Crippen LogP contribution >= 0.6 is 11.3 Å². The summed E-state index contributed by atoms with van der Waals surface area (Å²) in [6.07, 6.45) is 5.17. The van der Waals surface area contributed by atoms with Gasteiger partial charge in [-0.25, -0.2) is 9.78 Å². The van der Waals surface area contributed by atoms with Crippen LogP contribution in [-0.2, 0) is 6.54 Å². The molecular formula is C9H10N2O2S. The van der Waals surface area contributed by atoms with Crippen LogP contribution in [0.15, 0.2) is 5.38 Å². The van der Waals surface area contributed by atoms with Gasteiger partial charge in [0, 0.05) is 11.9 Å². The van der Waals surface area contributed by atoms with Crippen molar-refractivity contribution < 1.29 is 9.90 Å². The molecule has 0 spiro atoms. The summed E-state index contributed by atoms with van der Waals surface area (Å²) in [6, 6.07) is -0.0371. The van der Waals surface area contributed by atoms with E-state index in [1.165, 1.54) is 0 Å². The van der Waals surface area contributed by atoms with Gasteiger partial charge in [-0.2, -0.15) is 0 Å². The molecule has 0 bridgehead atoms. The number of carbonyl (C=O) groups is 1. The Balaban J connectivity index is 2.53. The van der Waals surface area contributed by atoms with E-state index in [1.807, 2.05) is 6.92 Å². The SMILES string of the molecule is C#CC(C)NCc1csc(C(=O)O)n1. The maximum absolute atomic E-state index is 10.5. The Labute approximate surface area is 86.0 Å². The lowest BCUT2D eigenvalue weighted by molar-refractivity contribution is 0.0696. The number of carboxylic acids is 1. The quantitative estimate of drug-likeness (QED) is 0.726. The fourth-order valence-corrected chi connectivity index (χ4v) is 1.46. The number of terminal acetylenes is 1. The smallest absolute Gasteiger partial charge is 0.365 e. The molecule has 0 saturated carbocycles. The van der Waals surface area contributed by atoms with Crippen molar-refractivity contribution in [2.75, 3.05) is 0 Å². The van der Waals surface area contributed by atoms with Gasteiger partial charge >= 0.3 is 5.97 Å². The van der Waals surface area contributed by atoms with Gasteiger partial charge in [0.1, 0.15) is 0 Å². The highest BCUT2D eigenvalue weighted by Gasteiger charge is 2.08. The lowest BCUT2D eigenvalue weighted by Crippen LogP contribution is -2.23. The first-order chi connectivity index (χ1) is 6.63. The summed E-state index contributed by atoms with van der Waals surface area (Å²) in [7, 11) is 0. The predicted molar refractivity (Wildman–Crippen MR) is 54.2 cm³/mol. The summed E-state index contributed by atoms with van der Waals surface area (Å²) in [5.41, 5.74) is 0.703. The minimum atomic E-state index is -0.994. The largest absolute Gasteiger partial charge is 0.476 e. The van der Waals surface area contributed by atoms with Crippen molar-refractivity contribution in [1.29, 1.82) is 0 Å². The third kappa shape index (κ3) is 2.83. The first-order valence-electron chi connectivity index (χ1n) is 4.00. The molecule has 5 heteroatoms. The zero-order valence-corrected chi connectivity index (χ0v) is 8.47. The molecule has 1 aromatic heterocycles. The van der Waals surface area contributed by atoms with Crippen molar-refractivity contribution in [3.05, 3.63) is 16.1 Å². The second kappa shape index (κ2) is 4.74. The fourth-order valence-electron chi connectivity index (χ4n) is 0.803. The molecule has 0 amide bonds. The van der Waals surface area contributed by atoms with E-state index in [-0.39, 0.29) is 11.0 Å². The van der Waals surface area contributed by atoms with Gasteiger partial charge in [-0.15, -0.1) is 17.8 Å². The first kappa shape index (κ1) is 10.7. The minimum Gasteiger partial charge on any atom is -0.476 e. The first-order valence-corrected chi connectivity index (χ1v) is 4.88. The third-order valence-corrected chi connectivity index (χ3v) is 2.45. The number of hydrogen-bond acceptors (Lipinski definition) is 4. The number of aromatic carboxylic acids is 1. The summed E-state index contributed by atoms with van der Waals surface area (Å²) >= 11 is 1.11.